The van der Waals surface area contributed by atoms with E-state index in [-0.39, 0.29) is 11.4 Å². The Morgan fingerprint density at radius 3 is 2.38 bits per heavy atom. The Morgan fingerprint density at radius 2 is 1.68 bits per heavy atom. The van der Waals surface area contributed by atoms with Gasteiger partial charge in [-0.05, 0) is 30.3 Å². The average molecular weight is 459 g/mol. The van der Waals surface area contributed by atoms with Gasteiger partial charge in [0.1, 0.15) is 17.2 Å². The van der Waals surface area contributed by atoms with Crippen LogP contribution in [0.4, 0.5) is 11.4 Å². The van der Waals surface area contributed by atoms with Crippen molar-refractivity contribution in [2.24, 2.45) is 0 Å². The van der Waals surface area contributed by atoms with Crippen molar-refractivity contribution >= 4 is 28.2 Å². The molecule has 0 radical (unpaired) electrons. The number of nitro groups is 1. The number of carbonyl (C=O) groups is 1. The summed E-state index contributed by atoms with van der Waals surface area (Å²) in [5.74, 6) is 0.938. The fourth-order valence-corrected chi connectivity index (χ4v) is 3.60. The number of amides is 1. The highest BCUT2D eigenvalue weighted by Gasteiger charge is 2.19. The lowest BCUT2D eigenvalue weighted by molar-refractivity contribution is -0.384. The molecule has 0 fully saturated rings. The average Bonchev–Trinajstić information content (AvgIpc) is 2.87. The van der Waals surface area contributed by atoms with Gasteiger partial charge in [-0.25, -0.2) is 4.98 Å². The maximum Gasteiger partial charge on any atom is 0.273 e. The zero-order valence-corrected chi connectivity index (χ0v) is 18.7. The van der Waals surface area contributed by atoms with Crippen molar-refractivity contribution in [1.82, 2.24) is 4.98 Å². The first kappa shape index (κ1) is 22.5. The van der Waals surface area contributed by atoms with Crippen LogP contribution in [-0.4, -0.2) is 37.1 Å². The van der Waals surface area contributed by atoms with Crippen LogP contribution < -0.4 is 19.5 Å². The van der Waals surface area contributed by atoms with Crippen molar-refractivity contribution in [3.8, 4) is 28.5 Å². The Bertz CT molecular complexity index is 1400. The quantitative estimate of drug-likeness (QED) is 0.303. The van der Waals surface area contributed by atoms with E-state index < -0.39 is 10.8 Å². The number of para-hydroxylation sites is 1. The largest absolute Gasteiger partial charge is 0.497 e. The molecule has 1 amide bonds. The van der Waals surface area contributed by atoms with Gasteiger partial charge in [-0.2, -0.15) is 0 Å². The van der Waals surface area contributed by atoms with Gasteiger partial charge in [0.15, 0.2) is 0 Å². The van der Waals surface area contributed by atoms with Crippen LogP contribution in [0, 0.1) is 10.1 Å². The molecule has 0 bridgehead atoms. The van der Waals surface area contributed by atoms with E-state index in [4.69, 9.17) is 19.2 Å². The molecule has 9 heteroatoms. The molecule has 1 aromatic heterocycles. The van der Waals surface area contributed by atoms with E-state index >= 15 is 0 Å². The number of fused-ring (bicyclic) bond motifs is 1. The number of nitrogens with zero attached hydrogens (tertiary/aromatic N) is 2. The summed E-state index contributed by atoms with van der Waals surface area (Å²) in [6.45, 7) is 0. The summed E-state index contributed by atoms with van der Waals surface area (Å²) in [5.41, 5.74) is 2.40. The molecule has 0 aliphatic carbocycles. The van der Waals surface area contributed by atoms with E-state index in [0.717, 1.165) is 0 Å². The highest BCUT2D eigenvalue weighted by atomic mass is 16.6. The molecule has 0 saturated heterocycles. The lowest BCUT2D eigenvalue weighted by Gasteiger charge is -2.14. The van der Waals surface area contributed by atoms with E-state index in [1.165, 1.54) is 25.3 Å². The first-order valence-electron chi connectivity index (χ1n) is 10.2. The number of pyridine rings is 1. The zero-order chi connectivity index (χ0) is 24.2. The maximum absolute atomic E-state index is 13.4. The van der Waals surface area contributed by atoms with Crippen LogP contribution in [0.3, 0.4) is 0 Å². The summed E-state index contributed by atoms with van der Waals surface area (Å²) in [5, 5.41) is 14.5. The number of benzene rings is 3. The van der Waals surface area contributed by atoms with Crippen LogP contribution in [0.15, 0.2) is 66.7 Å². The molecule has 0 saturated carbocycles. The molecule has 4 aromatic rings. The van der Waals surface area contributed by atoms with E-state index in [1.54, 1.807) is 38.5 Å². The summed E-state index contributed by atoms with van der Waals surface area (Å²) in [6, 6.07) is 18.3. The second kappa shape index (κ2) is 9.45. The minimum atomic E-state index is -0.529. The van der Waals surface area contributed by atoms with Gasteiger partial charge in [0.05, 0.1) is 54.8 Å². The first-order valence-corrected chi connectivity index (χ1v) is 10.2. The Morgan fingerprint density at radius 1 is 0.912 bits per heavy atom. The molecular formula is C25H21N3O6. The van der Waals surface area contributed by atoms with E-state index in [0.29, 0.717) is 44.9 Å². The number of hydrogen-bond donors (Lipinski definition) is 1. The molecule has 172 valence electrons. The highest BCUT2D eigenvalue weighted by Crippen LogP contribution is 2.35. The van der Waals surface area contributed by atoms with Crippen molar-refractivity contribution in [2.75, 3.05) is 26.6 Å². The van der Waals surface area contributed by atoms with Crippen LogP contribution in [0.1, 0.15) is 10.4 Å². The van der Waals surface area contributed by atoms with Crippen molar-refractivity contribution in [2.45, 2.75) is 0 Å². The smallest absolute Gasteiger partial charge is 0.273 e. The van der Waals surface area contributed by atoms with Gasteiger partial charge in [-0.15, -0.1) is 0 Å². The monoisotopic (exact) mass is 459 g/mol. The van der Waals surface area contributed by atoms with Crippen LogP contribution in [0.2, 0.25) is 0 Å². The standard InChI is InChI=1S/C25H21N3O6/c1-32-16-9-10-18(23(13-16)33-2)22-14-19(17-6-4-5-7-20(17)26-22)25(29)27-21-11-8-15(28(30)31)12-24(21)34-3/h4-14H,1-3H3,(H,27,29). The molecule has 34 heavy (non-hydrogen) atoms. The van der Waals surface area contributed by atoms with Gasteiger partial charge in [-0.3, -0.25) is 14.9 Å². The molecule has 1 heterocycles. The van der Waals surface area contributed by atoms with Gasteiger partial charge in [0.2, 0.25) is 0 Å². The number of non-ortho nitro benzene ring substituents is 1. The van der Waals surface area contributed by atoms with Crippen LogP contribution in [-0.2, 0) is 0 Å². The van der Waals surface area contributed by atoms with Gasteiger partial charge < -0.3 is 19.5 Å². The maximum atomic E-state index is 13.4. The van der Waals surface area contributed by atoms with E-state index in [9.17, 15) is 14.9 Å². The van der Waals surface area contributed by atoms with Crippen molar-refractivity contribution in [1.29, 1.82) is 0 Å². The second-order valence-electron chi connectivity index (χ2n) is 7.23. The number of anilines is 1. The second-order valence-corrected chi connectivity index (χ2v) is 7.23. The summed E-state index contributed by atoms with van der Waals surface area (Å²) in [6.07, 6.45) is 0. The third-order valence-corrected chi connectivity index (χ3v) is 5.29. The summed E-state index contributed by atoms with van der Waals surface area (Å²) in [4.78, 5) is 28.6. The molecule has 1 N–H and O–H groups in total. The van der Waals surface area contributed by atoms with Gasteiger partial charge in [0, 0.05) is 23.1 Å². The number of nitrogens with one attached hydrogen (secondary N) is 1. The molecule has 9 nitrogen and oxygen atoms in total. The zero-order valence-electron chi connectivity index (χ0n) is 18.7. The number of nitro benzene ring substituents is 1. The SMILES string of the molecule is COc1ccc(-c2cc(C(=O)Nc3ccc([N+](=O)[O-])cc3OC)c3ccccc3n2)c(OC)c1. The third-order valence-electron chi connectivity index (χ3n) is 5.29. The van der Waals surface area contributed by atoms with Crippen LogP contribution in [0.5, 0.6) is 17.2 Å². The normalized spacial score (nSPS) is 10.6. The number of hydrogen-bond acceptors (Lipinski definition) is 7. The van der Waals surface area contributed by atoms with Crippen LogP contribution >= 0.6 is 0 Å². The first-order chi connectivity index (χ1) is 16.4. The lowest BCUT2D eigenvalue weighted by atomic mass is 10.0. The molecule has 3 aromatic carbocycles. The molecule has 0 unspecified atom stereocenters. The van der Waals surface area contributed by atoms with Crippen molar-refractivity contribution in [3.63, 3.8) is 0 Å². The predicted molar refractivity (Wildman–Crippen MR) is 128 cm³/mol. The highest BCUT2D eigenvalue weighted by molar-refractivity contribution is 6.13. The van der Waals surface area contributed by atoms with Gasteiger partial charge in [-0.1, -0.05) is 18.2 Å². The van der Waals surface area contributed by atoms with Crippen molar-refractivity contribution in [3.05, 3.63) is 82.4 Å². The van der Waals surface area contributed by atoms with Gasteiger partial charge >= 0.3 is 0 Å². The predicted octanol–water partition coefficient (Wildman–Crippen LogP) is 5.09. The molecule has 0 aliphatic heterocycles. The fraction of sp³-hybridized carbons (Fsp3) is 0.120. The van der Waals surface area contributed by atoms with Crippen LogP contribution in [0.25, 0.3) is 22.2 Å². The fourth-order valence-electron chi connectivity index (χ4n) is 3.60. The molecule has 4 rings (SSSR count). The Labute approximate surface area is 195 Å². The number of rotatable bonds is 7. The topological polar surface area (TPSA) is 113 Å². The van der Waals surface area contributed by atoms with E-state index in [2.05, 4.69) is 5.32 Å². The molecule has 0 spiro atoms. The van der Waals surface area contributed by atoms with E-state index in [1.807, 2.05) is 24.3 Å². The number of ether oxygens (including phenoxy) is 3. The lowest BCUT2D eigenvalue weighted by Crippen LogP contribution is -2.14. The number of aromatic nitrogens is 1. The van der Waals surface area contributed by atoms with Crippen molar-refractivity contribution < 1.29 is 23.9 Å². The Kier molecular flexibility index (Phi) is 6.26. The molecular weight excluding hydrogens is 438 g/mol. The van der Waals surface area contributed by atoms with Gasteiger partial charge in [0.25, 0.3) is 11.6 Å². The third kappa shape index (κ3) is 4.31. The molecule has 0 atom stereocenters. The number of carbonyl (C=O) groups excluding carboxylic acids is 1. The number of methoxy groups -OCH3 is 3. The summed E-state index contributed by atoms with van der Waals surface area (Å²) < 4.78 is 16.0. The Hall–Kier alpha value is -4.66. The summed E-state index contributed by atoms with van der Waals surface area (Å²) in [7, 11) is 4.50. The summed E-state index contributed by atoms with van der Waals surface area (Å²) >= 11 is 0. The minimum Gasteiger partial charge on any atom is -0.497 e. The minimum absolute atomic E-state index is 0.141. The molecule has 0 aliphatic rings. The Balaban J connectivity index is 1.80.